The van der Waals surface area contributed by atoms with E-state index in [4.69, 9.17) is 11.6 Å². The van der Waals surface area contributed by atoms with Gasteiger partial charge in [-0.25, -0.2) is 0 Å². The lowest BCUT2D eigenvalue weighted by atomic mass is 10.1. The summed E-state index contributed by atoms with van der Waals surface area (Å²) in [6.45, 7) is 2.03. The Morgan fingerprint density at radius 2 is 2.42 bits per heavy atom. The van der Waals surface area contributed by atoms with E-state index < -0.39 is 0 Å². The quantitative estimate of drug-likeness (QED) is 0.748. The van der Waals surface area contributed by atoms with Crippen LogP contribution in [0, 0.1) is 6.92 Å². The Balaban J connectivity index is 2.52. The van der Waals surface area contributed by atoms with Crippen molar-refractivity contribution in [3.05, 3.63) is 21.9 Å². The van der Waals surface area contributed by atoms with Crippen LogP contribution in [0.1, 0.15) is 29.4 Å². The van der Waals surface area contributed by atoms with E-state index in [1.165, 1.54) is 4.88 Å². The highest BCUT2D eigenvalue weighted by molar-refractivity contribution is 7.10. The molecule has 0 bridgehead atoms. The van der Waals surface area contributed by atoms with E-state index in [1.807, 2.05) is 18.4 Å². The van der Waals surface area contributed by atoms with Gasteiger partial charge in [0.05, 0.1) is 6.10 Å². The molecule has 1 aromatic rings. The van der Waals surface area contributed by atoms with E-state index >= 15 is 0 Å². The van der Waals surface area contributed by atoms with Gasteiger partial charge in [-0.05, 0) is 36.8 Å². The van der Waals surface area contributed by atoms with Crippen molar-refractivity contribution in [2.75, 3.05) is 5.88 Å². The average Bonchev–Trinajstić information content (AvgIpc) is 2.47. The summed E-state index contributed by atoms with van der Waals surface area (Å²) < 4.78 is 0. The molecule has 0 spiro atoms. The van der Waals surface area contributed by atoms with Crippen molar-refractivity contribution in [3.8, 4) is 0 Å². The van der Waals surface area contributed by atoms with E-state index in [0.717, 1.165) is 18.4 Å². The maximum absolute atomic E-state index is 9.67. The van der Waals surface area contributed by atoms with Crippen LogP contribution in [0.2, 0.25) is 0 Å². The van der Waals surface area contributed by atoms with Crippen molar-refractivity contribution in [3.63, 3.8) is 0 Å². The van der Waals surface area contributed by atoms with Crippen molar-refractivity contribution < 1.29 is 5.11 Å². The molecule has 0 saturated heterocycles. The zero-order valence-corrected chi connectivity index (χ0v) is 8.66. The molecule has 1 heterocycles. The summed E-state index contributed by atoms with van der Waals surface area (Å²) >= 11 is 7.21. The van der Waals surface area contributed by atoms with Gasteiger partial charge in [0, 0.05) is 10.8 Å². The van der Waals surface area contributed by atoms with Crippen molar-refractivity contribution in [2.45, 2.75) is 25.9 Å². The van der Waals surface area contributed by atoms with Crippen molar-refractivity contribution in [1.82, 2.24) is 0 Å². The molecule has 0 amide bonds. The van der Waals surface area contributed by atoms with Crippen LogP contribution in [0.4, 0.5) is 0 Å². The maximum atomic E-state index is 9.67. The van der Waals surface area contributed by atoms with Gasteiger partial charge in [-0.3, -0.25) is 0 Å². The average molecular weight is 205 g/mol. The minimum absolute atomic E-state index is 0.324. The fourth-order valence-electron chi connectivity index (χ4n) is 1.17. The first-order chi connectivity index (χ1) is 5.75. The van der Waals surface area contributed by atoms with Crippen LogP contribution in [0.3, 0.4) is 0 Å². The predicted octanol–water partition coefficient (Wildman–Crippen LogP) is 3.11. The fourth-order valence-corrected chi connectivity index (χ4v) is 2.08. The van der Waals surface area contributed by atoms with E-state index in [1.54, 1.807) is 11.3 Å². The summed E-state index contributed by atoms with van der Waals surface area (Å²) in [5.41, 5.74) is 1.06. The Morgan fingerprint density at radius 1 is 1.67 bits per heavy atom. The predicted molar refractivity (Wildman–Crippen MR) is 54.0 cm³/mol. The zero-order valence-electron chi connectivity index (χ0n) is 7.09. The largest absolute Gasteiger partial charge is 0.388 e. The second-order valence-corrected chi connectivity index (χ2v) is 4.28. The Bertz CT molecular complexity index is 234. The fraction of sp³-hybridized carbons (Fsp3) is 0.556. The second-order valence-electron chi connectivity index (χ2n) is 2.78. The minimum atomic E-state index is -0.324. The lowest BCUT2D eigenvalue weighted by Gasteiger charge is -2.08. The SMILES string of the molecule is Cc1sccc1C(O)CCCCl. The number of thiophene rings is 1. The minimum Gasteiger partial charge on any atom is -0.388 e. The van der Waals surface area contributed by atoms with Crippen LogP contribution >= 0.6 is 22.9 Å². The lowest BCUT2D eigenvalue weighted by Crippen LogP contribution is -1.97. The normalized spacial score (nSPS) is 13.2. The van der Waals surface area contributed by atoms with Crippen molar-refractivity contribution in [1.29, 1.82) is 0 Å². The first-order valence-corrected chi connectivity index (χ1v) is 5.45. The maximum Gasteiger partial charge on any atom is 0.0801 e. The highest BCUT2D eigenvalue weighted by atomic mass is 35.5. The third kappa shape index (κ3) is 2.47. The lowest BCUT2D eigenvalue weighted by molar-refractivity contribution is 0.166. The number of aliphatic hydroxyl groups excluding tert-OH is 1. The highest BCUT2D eigenvalue weighted by Gasteiger charge is 2.09. The first-order valence-electron chi connectivity index (χ1n) is 4.03. The summed E-state index contributed by atoms with van der Waals surface area (Å²) in [4.78, 5) is 1.21. The molecule has 0 fully saturated rings. The zero-order chi connectivity index (χ0) is 8.97. The molecule has 3 heteroatoms. The Kier molecular flexibility index (Phi) is 4.06. The van der Waals surface area contributed by atoms with Crippen LogP contribution in [0.5, 0.6) is 0 Å². The summed E-state index contributed by atoms with van der Waals surface area (Å²) in [7, 11) is 0. The molecule has 0 aromatic carbocycles. The molecule has 0 aliphatic rings. The van der Waals surface area contributed by atoms with E-state index in [-0.39, 0.29) is 6.10 Å². The smallest absolute Gasteiger partial charge is 0.0801 e. The number of aryl methyl sites for hydroxylation is 1. The van der Waals surface area contributed by atoms with E-state index in [0.29, 0.717) is 5.88 Å². The Hall–Kier alpha value is -0.0500. The van der Waals surface area contributed by atoms with Crippen LogP contribution in [0.15, 0.2) is 11.4 Å². The summed E-state index contributed by atoms with van der Waals surface area (Å²) in [5.74, 6) is 0.625. The summed E-state index contributed by atoms with van der Waals surface area (Å²) in [6, 6.07) is 1.99. The number of rotatable bonds is 4. The van der Waals surface area contributed by atoms with Gasteiger partial charge < -0.3 is 5.11 Å². The van der Waals surface area contributed by atoms with Crippen LogP contribution in [-0.4, -0.2) is 11.0 Å². The van der Waals surface area contributed by atoms with Gasteiger partial charge >= 0.3 is 0 Å². The monoisotopic (exact) mass is 204 g/mol. The molecule has 1 nitrogen and oxygen atoms in total. The highest BCUT2D eigenvalue weighted by Crippen LogP contribution is 2.25. The van der Waals surface area contributed by atoms with Gasteiger partial charge in [-0.15, -0.1) is 22.9 Å². The van der Waals surface area contributed by atoms with Gasteiger partial charge in [0.1, 0.15) is 0 Å². The summed E-state index contributed by atoms with van der Waals surface area (Å²) in [5, 5.41) is 11.7. The van der Waals surface area contributed by atoms with Gasteiger partial charge in [-0.1, -0.05) is 0 Å². The molecule has 12 heavy (non-hydrogen) atoms. The molecular weight excluding hydrogens is 192 g/mol. The van der Waals surface area contributed by atoms with Crippen molar-refractivity contribution in [2.24, 2.45) is 0 Å². The van der Waals surface area contributed by atoms with Crippen LogP contribution in [0.25, 0.3) is 0 Å². The number of aliphatic hydroxyl groups is 1. The third-order valence-corrected chi connectivity index (χ3v) is 3.00. The van der Waals surface area contributed by atoms with Gasteiger partial charge in [0.25, 0.3) is 0 Å². The van der Waals surface area contributed by atoms with Crippen molar-refractivity contribution >= 4 is 22.9 Å². The standard InChI is InChI=1S/C9H13ClOS/c1-7-8(4-6-12-7)9(11)3-2-5-10/h4,6,9,11H,2-3,5H2,1H3. The topological polar surface area (TPSA) is 20.2 Å². The Labute approximate surface area is 82.0 Å². The molecular formula is C9H13ClOS. The van der Waals surface area contributed by atoms with Crippen LogP contribution < -0.4 is 0 Å². The number of hydrogen-bond donors (Lipinski definition) is 1. The van der Waals surface area contributed by atoms with E-state index in [9.17, 15) is 5.11 Å². The summed E-state index contributed by atoms with van der Waals surface area (Å²) in [6.07, 6.45) is 1.31. The van der Waals surface area contributed by atoms with Gasteiger partial charge in [0.2, 0.25) is 0 Å². The molecule has 0 aliphatic heterocycles. The molecule has 1 unspecified atom stereocenters. The first kappa shape index (κ1) is 10.0. The molecule has 0 saturated carbocycles. The van der Waals surface area contributed by atoms with Gasteiger partial charge in [0.15, 0.2) is 0 Å². The van der Waals surface area contributed by atoms with Gasteiger partial charge in [-0.2, -0.15) is 0 Å². The molecule has 0 radical (unpaired) electrons. The number of hydrogen-bond acceptors (Lipinski definition) is 2. The molecule has 0 aliphatic carbocycles. The van der Waals surface area contributed by atoms with E-state index in [2.05, 4.69) is 0 Å². The Morgan fingerprint density at radius 3 is 2.92 bits per heavy atom. The molecule has 1 atom stereocenters. The number of halogens is 1. The second kappa shape index (κ2) is 4.85. The molecule has 1 aromatic heterocycles. The number of alkyl halides is 1. The third-order valence-electron chi connectivity index (χ3n) is 1.87. The van der Waals surface area contributed by atoms with Crippen LogP contribution in [-0.2, 0) is 0 Å². The molecule has 68 valence electrons. The molecule has 1 rings (SSSR count). The molecule has 1 N–H and O–H groups in total.